The van der Waals surface area contributed by atoms with Crippen LogP contribution >= 0.6 is 0 Å². The first-order chi connectivity index (χ1) is 14.7. The van der Waals surface area contributed by atoms with E-state index in [9.17, 15) is 4.79 Å². The number of piperidine rings is 1. The van der Waals surface area contributed by atoms with Crippen molar-refractivity contribution in [1.82, 2.24) is 10.2 Å². The van der Waals surface area contributed by atoms with Crippen molar-refractivity contribution in [3.05, 3.63) is 65.2 Å². The van der Waals surface area contributed by atoms with Gasteiger partial charge in [-0.3, -0.25) is 4.79 Å². The van der Waals surface area contributed by atoms with Gasteiger partial charge in [-0.1, -0.05) is 31.2 Å². The normalized spacial score (nSPS) is 17.7. The fourth-order valence-electron chi connectivity index (χ4n) is 4.36. The molecule has 5 heteroatoms. The molecule has 0 bridgehead atoms. The van der Waals surface area contributed by atoms with Gasteiger partial charge >= 0.3 is 0 Å². The van der Waals surface area contributed by atoms with E-state index in [0.29, 0.717) is 6.54 Å². The van der Waals surface area contributed by atoms with Crippen LogP contribution in [0.15, 0.2) is 48.5 Å². The second kappa shape index (κ2) is 10.1. The Labute approximate surface area is 180 Å². The Balaban J connectivity index is 1.51. The van der Waals surface area contributed by atoms with E-state index in [4.69, 9.17) is 4.74 Å². The van der Waals surface area contributed by atoms with Crippen LogP contribution in [-0.4, -0.2) is 56.2 Å². The van der Waals surface area contributed by atoms with Crippen molar-refractivity contribution >= 4 is 11.6 Å². The fourth-order valence-corrected chi connectivity index (χ4v) is 4.36. The van der Waals surface area contributed by atoms with Gasteiger partial charge in [-0.15, -0.1) is 0 Å². The Morgan fingerprint density at radius 3 is 2.27 bits per heavy atom. The number of benzene rings is 2. The van der Waals surface area contributed by atoms with Crippen LogP contribution in [0.1, 0.15) is 41.3 Å². The molecule has 2 fully saturated rings. The van der Waals surface area contributed by atoms with Gasteiger partial charge in [-0.05, 0) is 67.7 Å². The molecule has 4 rings (SSSR count). The highest BCUT2D eigenvalue weighted by atomic mass is 16.5. The maximum atomic E-state index is 13.4. The summed E-state index contributed by atoms with van der Waals surface area (Å²) >= 11 is 0. The molecule has 2 aliphatic heterocycles. The maximum absolute atomic E-state index is 13.4. The van der Waals surface area contributed by atoms with Crippen LogP contribution < -0.4 is 10.2 Å². The van der Waals surface area contributed by atoms with E-state index >= 15 is 0 Å². The highest BCUT2D eigenvalue weighted by molar-refractivity contribution is 5.94. The zero-order chi connectivity index (χ0) is 20.8. The first-order valence-electron chi connectivity index (χ1n) is 11.3. The standard InChI is InChI=1S/C25H33N3O2/c1-2-20-3-7-22(8-4-20)25(29)28(24-11-13-26-14-12-24)19-21-5-9-23(10-6-21)27-15-17-30-18-16-27/h3-10,24,26H,2,11-19H2,1H3. The van der Waals surface area contributed by atoms with E-state index in [2.05, 4.69) is 58.4 Å². The molecule has 2 heterocycles. The zero-order valence-corrected chi connectivity index (χ0v) is 18.0. The van der Waals surface area contributed by atoms with Crippen LogP contribution in [0.4, 0.5) is 5.69 Å². The highest BCUT2D eigenvalue weighted by Crippen LogP contribution is 2.22. The Kier molecular flexibility index (Phi) is 7.03. The number of anilines is 1. The van der Waals surface area contributed by atoms with Gasteiger partial charge in [0, 0.05) is 36.9 Å². The number of nitrogens with one attached hydrogen (secondary N) is 1. The number of morpholine rings is 1. The number of amides is 1. The van der Waals surface area contributed by atoms with Crippen molar-refractivity contribution in [2.45, 2.75) is 38.8 Å². The van der Waals surface area contributed by atoms with Crippen molar-refractivity contribution in [2.24, 2.45) is 0 Å². The van der Waals surface area contributed by atoms with E-state index in [0.717, 1.165) is 64.2 Å². The van der Waals surface area contributed by atoms with Crippen molar-refractivity contribution < 1.29 is 9.53 Å². The zero-order valence-electron chi connectivity index (χ0n) is 18.0. The quantitative estimate of drug-likeness (QED) is 0.796. The molecule has 2 aliphatic rings. The van der Waals surface area contributed by atoms with Crippen LogP contribution in [-0.2, 0) is 17.7 Å². The number of nitrogens with zero attached hydrogens (tertiary/aromatic N) is 2. The van der Waals surface area contributed by atoms with Crippen molar-refractivity contribution in [1.29, 1.82) is 0 Å². The summed E-state index contributed by atoms with van der Waals surface area (Å²) in [6.07, 6.45) is 3.00. The summed E-state index contributed by atoms with van der Waals surface area (Å²) in [7, 11) is 0. The van der Waals surface area contributed by atoms with Gasteiger partial charge in [0.15, 0.2) is 0 Å². The molecule has 0 spiro atoms. The van der Waals surface area contributed by atoms with Crippen LogP contribution in [0.2, 0.25) is 0 Å². The Bertz CT molecular complexity index is 807. The van der Waals surface area contributed by atoms with E-state index in [-0.39, 0.29) is 11.9 Å². The van der Waals surface area contributed by atoms with E-state index in [1.165, 1.54) is 16.8 Å². The molecule has 0 radical (unpaired) electrons. The second-order valence-corrected chi connectivity index (χ2v) is 8.23. The molecule has 0 saturated carbocycles. The Morgan fingerprint density at radius 2 is 1.63 bits per heavy atom. The molecule has 30 heavy (non-hydrogen) atoms. The predicted molar refractivity (Wildman–Crippen MR) is 121 cm³/mol. The number of carbonyl (C=O) groups is 1. The minimum Gasteiger partial charge on any atom is -0.378 e. The Morgan fingerprint density at radius 1 is 1.00 bits per heavy atom. The molecule has 0 aromatic heterocycles. The summed E-state index contributed by atoms with van der Waals surface area (Å²) < 4.78 is 5.46. The van der Waals surface area contributed by atoms with E-state index in [1.54, 1.807) is 0 Å². The van der Waals surface area contributed by atoms with Crippen LogP contribution in [0.3, 0.4) is 0 Å². The van der Waals surface area contributed by atoms with Crippen molar-refractivity contribution in [2.75, 3.05) is 44.3 Å². The van der Waals surface area contributed by atoms with Gasteiger partial charge in [0.1, 0.15) is 0 Å². The number of hydrogen-bond donors (Lipinski definition) is 1. The average molecular weight is 408 g/mol. The van der Waals surface area contributed by atoms with Gasteiger partial charge in [-0.2, -0.15) is 0 Å². The number of ether oxygens (including phenoxy) is 1. The second-order valence-electron chi connectivity index (χ2n) is 8.23. The molecule has 1 N–H and O–H groups in total. The van der Waals surface area contributed by atoms with Gasteiger partial charge in [-0.25, -0.2) is 0 Å². The monoisotopic (exact) mass is 407 g/mol. The number of hydrogen-bond acceptors (Lipinski definition) is 4. The summed E-state index contributed by atoms with van der Waals surface area (Å²) in [6.45, 7) is 8.19. The minimum absolute atomic E-state index is 0.141. The molecule has 0 unspecified atom stereocenters. The largest absolute Gasteiger partial charge is 0.378 e. The summed E-state index contributed by atoms with van der Waals surface area (Å²) in [5.41, 5.74) is 4.47. The van der Waals surface area contributed by atoms with Gasteiger partial charge in [0.2, 0.25) is 0 Å². The van der Waals surface area contributed by atoms with Gasteiger partial charge < -0.3 is 19.9 Å². The lowest BCUT2D eigenvalue weighted by atomic mass is 10.0. The van der Waals surface area contributed by atoms with E-state index in [1.807, 2.05) is 12.1 Å². The lowest BCUT2D eigenvalue weighted by Gasteiger charge is -2.35. The first-order valence-corrected chi connectivity index (χ1v) is 11.3. The van der Waals surface area contributed by atoms with Gasteiger partial charge in [0.05, 0.1) is 13.2 Å². The molecule has 0 aliphatic carbocycles. The molecular formula is C25H33N3O2. The van der Waals surface area contributed by atoms with Crippen LogP contribution in [0.25, 0.3) is 0 Å². The lowest BCUT2D eigenvalue weighted by Crippen LogP contribution is -2.45. The van der Waals surface area contributed by atoms with Crippen molar-refractivity contribution in [3.8, 4) is 0 Å². The van der Waals surface area contributed by atoms with E-state index < -0.39 is 0 Å². The molecule has 160 valence electrons. The highest BCUT2D eigenvalue weighted by Gasteiger charge is 2.26. The van der Waals surface area contributed by atoms with Gasteiger partial charge in [0.25, 0.3) is 5.91 Å². The summed E-state index contributed by atoms with van der Waals surface area (Å²) in [5, 5.41) is 3.42. The van der Waals surface area contributed by atoms with Crippen LogP contribution in [0.5, 0.6) is 0 Å². The molecule has 0 atom stereocenters. The molecular weight excluding hydrogens is 374 g/mol. The molecule has 2 aromatic rings. The Hall–Kier alpha value is -2.37. The summed E-state index contributed by atoms with van der Waals surface area (Å²) in [6, 6.07) is 17.1. The average Bonchev–Trinajstić information content (AvgIpc) is 2.84. The third-order valence-electron chi connectivity index (χ3n) is 6.28. The molecule has 2 aromatic carbocycles. The molecule has 5 nitrogen and oxygen atoms in total. The smallest absolute Gasteiger partial charge is 0.254 e. The number of aryl methyl sites for hydroxylation is 1. The summed E-state index contributed by atoms with van der Waals surface area (Å²) in [5.74, 6) is 0.141. The number of rotatable bonds is 6. The third kappa shape index (κ3) is 5.02. The topological polar surface area (TPSA) is 44.8 Å². The first kappa shape index (κ1) is 20.9. The fraction of sp³-hybridized carbons (Fsp3) is 0.480. The summed E-state index contributed by atoms with van der Waals surface area (Å²) in [4.78, 5) is 17.9. The molecule has 2 saturated heterocycles. The molecule has 1 amide bonds. The third-order valence-corrected chi connectivity index (χ3v) is 6.28. The number of carbonyl (C=O) groups excluding carboxylic acids is 1. The minimum atomic E-state index is 0.141. The maximum Gasteiger partial charge on any atom is 0.254 e. The van der Waals surface area contributed by atoms with Crippen LogP contribution in [0, 0.1) is 0 Å². The SMILES string of the molecule is CCc1ccc(C(=O)N(Cc2ccc(N3CCOCC3)cc2)C2CCNCC2)cc1. The van der Waals surface area contributed by atoms with Crippen molar-refractivity contribution in [3.63, 3.8) is 0 Å². The predicted octanol–water partition coefficient (Wildman–Crippen LogP) is 3.48. The lowest BCUT2D eigenvalue weighted by molar-refractivity contribution is 0.0623.